The molecule has 4 rings (SSSR count). The summed E-state index contributed by atoms with van der Waals surface area (Å²) >= 11 is 3.47. The number of benzene rings is 3. The number of rotatable bonds is 11. The topological polar surface area (TPSA) is 96.0 Å². The number of ether oxygens (including phenoxy) is 1. The summed E-state index contributed by atoms with van der Waals surface area (Å²) in [6.45, 7) is 1.32. The third kappa shape index (κ3) is 7.22. The molecule has 0 aliphatic heterocycles. The third-order valence-electron chi connectivity index (χ3n) is 7.06. The Balaban J connectivity index is 1.69. The molecule has 0 heterocycles. The zero-order valence-corrected chi connectivity index (χ0v) is 25.0. The van der Waals surface area contributed by atoms with Gasteiger partial charge >= 0.3 is 0 Å². The summed E-state index contributed by atoms with van der Waals surface area (Å²) in [6, 6.07) is 21.3. The molecule has 0 aromatic heterocycles. The summed E-state index contributed by atoms with van der Waals surface area (Å²) in [4.78, 5) is 28.8. The molecule has 2 amide bonds. The molecule has 0 saturated heterocycles. The molecule has 3 aromatic rings. The molecule has 1 fully saturated rings. The van der Waals surface area contributed by atoms with Crippen LogP contribution >= 0.6 is 15.9 Å². The molecule has 1 N–H and O–H groups in total. The fourth-order valence-electron chi connectivity index (χ4n) is 4.82. The maximum atomic E-state index is 14.0. The average molecular weight is 629 g/mol. The summed E-state index contributed by atoms with van der Waals surface area (Å²) < 4.78 is 34.9. The highest BCUT2D eigenvalue weighted by atomic mass is 79.9. The number of carbonyl (C=O) groups excluding carboxylic acids is 2. The third-order valence-corrected chi connectivity index (χ3v) is 9.34. The van der Waals surface area contributed by atoms with E-state index in [1.54, 1.807) is 49.4 Å². The Morgan fingerprint density at radius 3 is 2.38 bits per heavy atom. The van der Waals surface area contributed by atoms with E-state index in [1.807, 2.05) is 24.3 Å². The molecule has 1 saturated carbocycles. The van der Waals surface area contributed by atoms with Gasteiger partial charge in [0.05, 0.1) is 17.7 Å². The molecule has 0 unspecified atom stereocenters. The highest BCUT2D eigenvalue weighted by Gasteiger charge is 2.33. The number of hydrogen-bond donors (Lipinski definition) is 1. The van der Waals surface area contributed by atoms with Crippen molar-refractivity contribution in [1.29, 1.82) is 0 Å². The van der Waals surface area contributed by atoms with Crippen molar-refractivity contribution in [2.75, 3.05) is 18.0 Å². The number of hydrogen-bond acceptors (Lipinski definition) is 5. The van der Waals surface area contributed by atoms with Gasteiger partial charge in [0.1, 0.15) is 18.3 Å². The lowest BCUT2D eigenvalue weighted by Gasteiger charge is -2.32. The van der Waals surface area contributed by atoms with Gasteiger partial charge in [-0.05, 0) is 61.7 Å². The van der Waals surface area contributed by atoms with E-state index in [-0.39, 0.29) is 29.1 Å². The van der Waals surface area contributed by atoms with E-state index in [0.29, 0.717) is 5.75 Å². The van der Waals surface area contributed by atoms with Crippen molar-refractivity contribution in [2.45, 2.75) is 56.1 Å². The number of sulfonamides is 1. The predicted molar refractivity (Wildman–Crippen MR) is 159 cm³/mol. The Bertz CT molecular complexity index is 1430. The van der Waals surface area contributed by atoms with Gasteiger partial charge in [0.2, 0.25) is 11.8 Å². The SMILES string of the molecule is COc1cccc(N(CC(=O)N(Cc2cccc(Br)c2)[C@H](C)C(=O)NC2CCCC2)S(=O)(=O)c2ccccc2)c1. The number of amides is 2. The maximum absolute atomic E-state index is 14.0. The van der Waals surface area contributed by atoms with Gasteiger partial charge in [-0.2, -0.15) is 0 Å². The van der Waals surface area contributed by atoms with E-state index in [0.717, 1.165) is 40.0 Å². The number of halogens is 1. The second kappa shape index (κ2) is 13.3. The quantitative estimate of drug-likeness (QED) is 0.318. The van der Waals surface area contributed by atoms with Crippen molar-refractivity contribution < 1.29 is 22.7 Å². The minimum absolute atomic E-state index is 0.0520. The lowest BCUT2D eigenvalue weighted by atomic mass is 10.1. The Morgan fingerprint density at radius 1 is 1.00 bits per heavy atom. The Kier molecular flexibility index (Phi) is 9.86. The molecular formula is C30H34BrN3O5S. The second-order valence-corrected chi connectivity index (χ2v) is 12.6. The summed E-state index contributed by atoms with van der Waals surface area (Å²) in [5.41, 5.74) is 1.09. The lowest BCUT2D eigenvalue weighted by Crippen LogP contribution is -2.52. The molecule has 1 atom stereocenters. The Labute approximate surface area is 244 Å². The fourth-order valence-corrected chi connectivity index (χ4v) is 6.69. The lowest BCUT2D eigenvalue weighted by molar-refractivity contribution is -0.139. The van der Waals surface area contributed by atoms with Crippen LogP contribution in [0.3, 0.4) is 0 Å². The van der Waals surface area contributed by atoms with Crippen LogP contribution in [-0.2, 0) is 26.2 Å². The smallest absolute Gasteiger partial charge is 0.264 e. The van der Waals surface area contributed by atoms with Crippen LogP contribution in [0, 0.1) is 0 Å². The molecule has 1 aliphatic rings. The van der Waals surface area contributed by atoms with Crippen LogP contribution in [0.15, 0.2) is 88.2 Å². The molecule has 212 valence electrons. The number of methoxy groups -OCH3 is 1. The van der Waals surface area contributed by atoms with Gasteiger partial charge in [-0.25, -0.2) is 8.42 Å². The van der Waals surface area contributed by atoms with Crippen LogP contribution in [-0.4, -0.2) is 50.9 Å². The number of anilines is 1. The van der Waals surface area contributed by atoms with Gasteiger partial charge in [0, 0.05) is 23.1 Å². The molecule has 40 heavy (non-hydrogen) atoms. The highest BCUT2D eigenvalue weighted by molar-refractivity contribution is 9.10. The summed E-state index contributed by atoms with van der Waals surface area (Å²) in [6.07, 6.45) is 3.95. The van der Waals surface area contributed by atoms with Gasteiger partial charge in [-0.1, -0.05) is 65.2 Å². The van der Waals surface area contributed by atoms with Gasteiger partial charge in [0.15, 0.2) is 0 Å². The molecular weight excluding hydrogens is 594 g/mol. The number of carbonyl (C=O) groups is 2. The number of nitrogens with zero attached hydrogens (tertiary/aromatic N) is 2. The van der Waals surface area contributed by atoms with Gasteiger partial charge < -0.3 is 15.0 Å². The molecule has 10 heteroatoms. The van der Waals surface area contributed by atoms with Crippen molar-refractivity contribution in [3.8, 4) is 5.75 Å². The zero-order valence-electron chi connectivity index (χ0n) is 22.6. The minimum atomic E-state index is -4.13. The molecule has 8 nitrogen and oxygen atoms in total. The van der Waals surface area contributed by atoms with Gasteiger partial charge in [-0.15, -0.1) is 0 Å². The van der Waals surface area contributed by atoms with E-state index in [9.17, 15) is 18.0 Å². The predicted octanol–water partition coefficient (Wildman–Crippen LogP) is 5.13. The van der Waals surface area contributed by atoms with Crippen molar-refractivity contribution >= 4 is 43.5 Å². The first-order valence-corrected chi connectivity index (χ1v) is 15.5. The first-order valence-electron chi connectivity index (χ1n) is 13.2. The monoisotopic (exact) mass is 627 g/mol. The van der Waals surface area contributed by atoms with Gasteiger partial charge in [-0.3, -0.25) is 13.9 Å². The van der Waals surface area contributed by atoms with Crippen molar-refractivity contribution in [3.05, 3.63) is 88.9 Å². The number of nitrogens with one attached hydrogen (secondary N) is 1. The van der Waals surface area contributed by atoms with E-state index >= 15 is 0 Å². The van der Waals surface area contributed by atoms with E-state index in [4.69, 9.17) is 4.74 Å². The zero-order chi connectivity index (χ0) is 28.7. The highest BCUT2D eigenvalue weighted by Crippen LogP contribution is 2.28. The molecule has 1 aliphatic carbocycles. The Hall–Kier alpha value is -3.37. The van der Waals surface area contributed by atoms with Crippen molar-refractivity contribution in [1.82, 2.24) is 10.2 Å². The normalized spacial score (nSPS) is 14.4. The fraction of sp³-hybridized carbons (Fsp3) is 0.333. The largest absolute Gasteiger partial charge is 0.497 e. The van der Waals surface area contributed by atoms with Crippen LogP contribution in [0.5, 0.6) is 5.75 Å². The molecule has 0 radical (unpaired) electrons. The first-order chi connectivity index (χ1) is 19.2. The van der Waals surface area contributed by atoms with Crippen LogP contribution in [0.1, 0.15) is 38.2 Å². The minimum Gasteiger partial charge on any atom is -0.497 e. The van der Waals surface area contributed by atoms with Crippen LogP contribution in [0.4, 0.5) is 5.69 Å². The van der Waals surface area contributed by atoms with Crippen LogP contribution in [0.25, 0.3) is 0 Å². The van der Waals surface area contributed by atoms with Crippen LogP contribution < -0.4 is 14.4 Å². The standard InChI is InChI=1S/C30H34BrN3O5S/c1-22(30(36)32-25-12-6-7-13-25)33(20-23-10-8-11-24(31)18-23)29(35)21-34(26-14-9-15-27(19-26)39-2)40(37,38)28-16-4-3-5-17-28/h3-5,8-11,14-19,22,25H,6-7,12-13,20-21H2,1-2H3,(H,32,36)/t22-/m1/s1. The molecule has 0 bridgehead atoms. The summed E-state index contributed by atoms with van der Waals surface area (Å²) in [5.74, 6) is -0.307. The van der Waals surface area contributed by atoms with E-state index in [1.165, 1.54) is 24.1 Å². The van der Waals surface area contributed by atoms with Crippen molar-refractivity contribution in [2.24, 2.45) is 0 Å². The van der Waals surface area contributed by atoms with E-state index < -0.39 is 28.5 Å². The average Bonchev–Trinajstić information content (AvgIpc) is 3.47. The molecule has 3 aromatic carbocycles. The summed E-state index contributed by atoms with van der Waals surface area (Å²) in [7, 11) is -2.64. The second-order valence-electron chi connectivity index (χ2n) is 9.84. The van der Waals surface area contributed by atoms with Crippen molar-refractivity contribution in [3.63, 3.8) is 0 Å². The van der Waals surface area contributed by atoms with Crippen LogP contribution in [0.2, 0.25) is 0 Å². The first kappa shape index (κ1) is 29.6. The molecule has 0 spiro atoms. The summed E-state index contributed by atoms with van der Waals surface area (Å²) in [5, 5.41) is 3.08. The maximum Gasteiger partial charge on any atom is 0.264 e. The van der Waals surface area contributed by atoms with E-state index in [2.05, 4.69) is 21.2 Å². The van der Waals surface area contributed by atoms with Gasteiger partial charge in [0.25, 0.3) is 10.0 Å². The Morgan fingerprint density at radius 2 is 1.70 bits per heavy atom.